The van der Waals surface area contributed by atoms with Crippen LogP contribution >= 0.6 is 11.8 Å². The molecule has 1 saturated carbocycles. The van der Waals surface area contributed by atoms with Crippen molar-refractivity contribution in [2.24, 2.45) is 11.8 Å². The Hall–Kier alpha value is -2.40. The average Bonchev–Trinajstić information content (AvgIpc) is 2.94. The van der Waals surface area contributed by atoms with Gasteiger partial charge in [0, 0.05) is 27.7 Å². The summed E-state index contributed by atoms with van der Waals surface area (Å²) >= 11 is 1.73. The number of Topliss-reactive ketones (excluding diaryl/α,β-unsaturated/α-hetero) is 2. The number of ether oxygens (including phenoxy) is 1. The summed E-state index contributed by atoms with van der Waals surface area (Å²) in [6.45, 7) is 1.51. The van der Waals surface area contributed by atoms with Gasteiger partial charge in [0.15, 0.2) is 18.2 Å². The summed E-state index contributed by atoms with van der Waals surface area (Å²) in [5.41, 5.74) is 2.13. The van der Waals surface area contributed by atoms with Crippen molar-refractivity contribution in [3.05, 3.63) is 65.2 Å². The minimum Gasteiger partial charge on any atom is -0.457 e. The van der Waals surface area contributed by atoms with E-state index < -0.39 is 11.9 Å². The van der Waals surface area contributed by atoms with Gasteiger partial charge in [-0.05, 0) is 43.4 Å². The van der Waals surface area contributed by atoms with Crippen molar-refractivity contribution in [1.82, 2.24) is 0 Å². The first-order valence-electron chi connectivity index (χ1n) is 10.6. The van der Waals surface area contributed by atoms with Crippen LogP contribution in [0.2, 0.25) is 0 Å². The fourth-order valence-electron chi connectivity index (χ4n) is 4.39. The molecule has 2 aromatic carbocycles. The normalized spacial score (nSPS) is 21.7. The van der Waals surface area contributed by atoms with Crippen LogP contribution in [0.15, 0.2) is 53.4 Å². The van der Waals surface area contributed by atoms with E-state index >= 15 is 0 Å². The summed E-state index contributed by atoms with van der Waals surface area (Å²) in [5, 5.41) is 0. The fraction of sp³-hybridized carbons (Fsp3) is 0.400. The Morgan fingerprint density at radius 1 is 1.10 bits per heavy atom. The monoisotopic (exact) mass is 422 g/mol. The van der Waals surface area contributed by atoms with E-state index in [-0.39, 0.29) is 24.1 Å². The third kappa shape index (κ3) is 4.36. The summed E-state index contributed by atoms with van der Waals surface area (Å²) in [5.74, 6) is 0.662. The maximum absolute atomic E-state index is 13.1. The van der Waals surface area contributed by atoms with Gasteiger partial charge in [-0.25, -0.2) is 0 Å². The van der Waals surface area contributed by atoms with Gasteiger partial charge in [0.2, 0.25) is 0 Å². The van der Waals surface area contributed by atoms with Crippen molar-refractivity contribution in [2.45, 2.75) is 43.4 Å². The number of esters is 1. The number of thioether (sulfide) groups is 1. The van der Waals surface area contributed by atoms with Gasteiger partial charge in [0.1, 0.15) is 0 Å². The lowest BCUT2D eigenvalue weighted by Crippen LogP contribution is -2.27. The second-order valence-electron chi connectivity index (χ2n) is 8.20. The van der Waals surface area contributed by atoms with Crippen LogP contribution in [-0.2, 0) is 9.53 Å². The van der Waals surface area contributed by atoms with Gasteiger partial charge in [0.25, 0.3) is 0 Å². The van der Waals surface area contributed by atoms with Crippen LogP contribution in [0.4, 0.5) is 0 Å². The predicted octanol–water partition coefficient (Wildman–Crippen LogP) is 5.31. The molecule has 3 atom stereocenters. The largest absolute Gasteiger partial charge is 0.457 e. The van der Waals surface area contributed by atoms with E-state index in [4.69, 9.17) is 4.74 Å². The average molecular weight is 423 g/mol. The number of carbonyl (C=O) groups is 3. The zero-order chi connectivity index (χ0) is 21.1. The highest BCUT2D eigenvalue weighted by Crippen LogP contribution is 2.42. The summed E-state index contributed by atoms with van der Waals surface area (Å²) in [6, 6.07) is 14.5. The SMILES string of the molecule is CC(C(=O)OCC(=O)c1ccccc1)c1ccc2c(c1)SC[C@@H]1CCCC[C@H]1C2=O. The van der Waals surface area contributed by atoms with E-state index in [1.165, 1.54) is 6.42 Å². The number of benzene rings is 2. The molecule has 2 aromatic rings. The Kier molecular flexibility index (Phi) is 6.38. The summed E-state index contributed by atoms with van der Waals surface area (Å²) < 4.78 is 5.28. The van der Waals surface area contributed by atoms with E-state index in [0.717, 1.165) is 41.0 Å². The molecule has 0 aromatic heterocycles. The van der Waals surface area contributed by atoms with Crippen molar-refractivity contribution >= 4 is 29.3 Å². The molecular formula is C25H26O4S. The smallest absolute Gasteiger partial charge is 0.313 e. The van der Waals surface area contributed by atoms with E-state index in [1.54, 1.807) is 43.0 Å². The van der Waals surface area contributed by atoms with Crippen molar-refractivity contribution in [2.75, 3.05) is 12.4 Å². The lowest BCUT2D eigenvalue weighted by atomic mass is 9.76. The highest BCUT2D eigenvalue weighted by Gasteiger charge is 2.35. The molecular weight excluding hydrogens is 396 g/mol. The zero-order valence-corrected chi connectivity index (χ0v) is 18.0. The first-order valence-corrected chi connectivity index (χ1v) is 11.6. The van der Waals surface area contributed by atoms with E-state index in [9.17, 15) is 14.4 Å². The Morgan fingerprint density at radius 3 is 2.67 bits per heavy atom. The van der Waals surface area contributed by atoms with Gasteiger partial charge >= 0.3 is 5.97 Å². The third-order valence-electron chi connectivity index (χ3n) is 6.26. The molecule has 156 valence electrons. The lowest BCUT2D eigenvalue weighted by Gasteiger charge is -2.28. The molecule has 0 spiro atoms. The van der Waals surface area contributed by atoms with Crippen LogP contribution in [0.25, 0.3) is 0 Å². The van der Waals surface area contributed by atoms with Gasteiger partial charge < -0.3 is 4.74 Å². The van der Waals surface area contributed by atoms with Crippen LogP contribution in [0.5, 0.6) is 0 Å². The molecule has 0 saturated heterocycles. The number of hydrogen-bond acceptors (Lipinski definition) is 5. The van der Waals surface area contributed by atoms with Crippen LogP contribution in [-0.4, -0.2) is 29.9 Å². The molecule has 2 aliphatic rings. The molecule has 5 heteroatoms. The second kappa shape index (κ2) is 9.17. The number of rotatable bonds is 5. The lowest BCUT2D eigenvalue weighted by molar-refractivity contribution is -0.143. The summed E-state index contributed by atoms with van der Waals surface area (Å²) in [6.07, 6.45) is 4.46. The van der Waals surface area contributed by atoms with Crippen LogP contribution < -0.4 is 0 Å². The highest BCUT2D eigenvalue weighted by atomic mass is 32.2. The maximum atomic E-state index is 13.1. The van der Waals surface area contributed by atoms with Gasteiger partial charge in [0.05, 0.1) is 5.92 Å². The molecule has 1 unspecified atom stereocenters. The third-order valence-corrected chi connectivity index (χ3v) is 7.51. The number of hydrogen-bond donors (Lipinski definition) is 0. The van der Waals surface area contributed by atoms with E-state index in [1.807, 2.05) is 24.3 Å². The molecule has 0 radical (unpaired) electrons. The zero-order valence-electron chi connectivity index (χ0n) is 17.1. The first-order chi connectivity index (χ1) is 14.5. The van der Waals surface area contributed by atoms with Crippen molar-refractivity contribution in [3.8, 4) is 0 Å². The fourth-order valence-corrected chi connectivity index (χ4v) is 5.72. The Labute approximate surface area is 181 Å². The molecule has 4 nitrogen and oxygen atoms in total. The molecule has 1 heterocycles. The molecule has 1 aliphatic heterocycles. The standard InChI is InChI=1S/C25H26O4S/c1-16(25(28)29-14-22(26)17-7-3-2-4-8-17)18-11-12-21-23(13-18)30-15-19-9-5-6-10-20(19)24(21)27/h2-4,7-8,11-13,16,19-20H,5-6,9-10,14-15H2,1H3/t16?,19-,20+/m0/s1. The van der Waals surface area contributed by atoms with Crippen LogP contribution in [0.1, 0.15) is 64.8 Å². The van der Waals surface area contributed by atoms with E-state index in [2.05, 4.69) is 0 Å². The number of ketones is 2. The predicted molar refractivity (Wildman–Crippen MR) is 117 cm³/mol. The van der Waals surface area contributed by atoms with Crippen molar-refractivity contribution < 1.29 is 19.1 Å². The molecule has 30 heavy (non-hydrogen) atoms. The first kappa shape index (κ1) is 20.9. The summed E-state index contributed by atoms with van der Waals surface area (Å²) in [7, 11) is 0. The second-order valence-corrected chi connectivity index (χ2v) is 9.26. The molecule has 4 rings (SSSR count). The summed E-state index contributed by atoms with van der Waals surface area (Å²) in [4.78, 5) is 38.7. The van der Waals surface area contributed by atoms with Crippen molar-refractivity contribution in [3.63, 3.8) is 0 Å². The van der Waals surface area contributed by atoms with Gasteiger partial charge in [-0.3, -0.25) is 14.4 Å². The quantitative estimate of drug-likeness (QED) is 0.483. The molecule has 1 aliphatic carbocycles. The maximum Gasteiger partial charge on any atom is 0.313 e. The minimum atomic E-state index is -0.500. The Bertz CT molecular complexity index is 953. The molecule has 1 fully saturated rings. The van der Waals surface area contributed by atoms with Crippen LogP contribution in [0, 0.1) is 11.8 Å². The van der Waals surface area contributed by atoms with Gasteiger partial charge in [-0.2, -0.15) is 0 Å². The topological polar surface area (TPSA) is 60.4 Å². The number of carbonyl (C=O) groups excluding carboxylic acids is 3. The molecule has 0 amide bonds. The Balaban J connectivity index is 1.44. The minimum absolute atomic E-state index is 0.143. The van der Waals surface area contributed by atoms with Crippen LogP contribution in [0.3, 0.4) is 0 Å². The molecule has 0 N–H and O–H groups in total. The van der Waals surface area contributed by atoms with E-state index in [0.29, 0.717) is 11.5 Å². The number of fused-ring (bicyclic) bond motifs is 2. The van der Waals surface area contributed by atoms with Gasteiger partial charge in [-0.1, -0.05) is 49.2 Å². The van der Waals surface area contributed by atoms with Gasteiger partial charge in [-0.15, -0.1) is 11.8 Å². The molecule has 0 bridgehead atoms. The highest BCUT2D eigenvalue weighted by molar-refractivity contribution is 7.99. The van der Waals surface area contributed by atoms with Crippen molar-refractivity contribution in [1.29, 1.82) is 0 Å². The Morgan fingerprint density at radius 2 is 1.87 bits per heavy atom.